The van der Waals surface area contributed by atoms with Gasteiger partial charge in [-0.15, -0.1) is 0 Å². The maximum atomic E-state index is 13.1. The summed E-state index contributed by atoms with van der Waals surface area (Å²) in [5, 5.41) is 0. The number of carbonyl (C=O) groups is 2. The quantitative estimate of drug-likeness (QED) is 0.679. The van der Waals surface area contributed by atoms with Crippen LogP contribution in [0.25, 0.3) is 0 Å². The number of nitrogens with zero attached hydrogens (tertiary/aromatic N) is 1. The highest BCUT2D eigenvalue weighted by Gasteiger charge is 2.40. The number of hydrogen-bond acceptors (Lipinski definition) is 2. The van der Waals surface area contributed by atoms with Crippen LogP contribution in [0.4, 0.5) is 26.3 Å². The largest absolute Gasteiger partial charge is 0.416 e. The van der Waals surface area contributed by atoms with Crippen LogP contribution in [0, 0.1) is 0 Å². The van der Waals surface area contributed by atoms with Crippen molar-refractivity contribution in [1.82, 2.24) is 4.90 Å². The first-order chi connectivity index (χ1) is 13.4. The van der Waals surface area contributed by atoms with Crippen molar-refractivity contribution in [2.45, 2.75) is 31.2 Å². The van der Waals surface area contributed by atoms with Crippen molar-refractivity contribution in [3.63, 3.8) is 0 Å². The molecule has 0 radical (unpaired) electrons. The van der Waals surface area contributed by atoms with Crippen LogP contribution in [0.2, 0.25) is 0 Å². The van der Waals surface area contributed by atoms with Crippen LogP contribution in [0.3, 0.4) is 0 Å². The van der Waals surface area contributed by atoms with Crippen molar-refractivity contribution < 1.29 is 35.9 Å². The molecule has 1 saturated heterocycles. The van der Waals surface area contributed by atoms with Crippen LogP contribution in [-0.2, 0) is 23.6 Å². The van der Waals surface area contributed by atoms with Crippen molar-refractivity contribution in [2.24, 2.45) is 0 Å². The van der Waals surface area contributed by atoms with Gasteiger partial charge in [0, 0.05) is 18.0 Å². The summed E-state index contributed by atoms with van der Waals surface area (Å²) >= 11 is 0. The predicted octanol–water partition coefficient (Wildman–Crippen LogP) is 4.75. The SMILES string of the molecule is O=C1CC(Cc2ccccc2)N(C(=O)c2cc(C(F)(F)F)cc(C(F)(F)F)c2)C1. The van der Waals surface area contributed by atoms with E-state index < -0.39 is 41.0 Å². The number of carbonyl (C=O) groups excluding carboxylic acids is 2. The number of alkyl halides is 6. The Morgan fingerprint density at radius 3 is 2.00 bits per heavy atom. The number of benzene rings is 2. The molecule has 3 rings (SSSR count). The van der Waals surface area contributed by atoms with Gasteiger partial charge in [-0.05, 0) is 30.2 Å². The lowest BCUT2D eigenvalue weighted by Gasteiger charge is -2.25. The maximum Gasteiger partial charge on any atom is 0.416 e. The Morgan fingerprint density at radius 2 is 1.48 bits per heavy atom. The van der Waals surface area contributed by atoms with Gasteiger partial charge in [-0.3, -0.25) is 9.59 Å². The van der Waals surface area contributed by atoms with Crippen LogP contribution < -0.4 is 0 Å². The number of rotatable bonds is 3. The monoisotopic (exact) mass is 415 g/mol. The Hall–Kier alpha value is -2.84. The molecule has 1 atom stereocenters. The second-order valence-corrected chi connectivity index (χ2v) is 6.81. The summed E-state index contributed by atoms with van der Waals surface area (Å²) < 4.78 is 78.3. The Labute approximate surface area is 161 Å². The Balaban J connectivity index is 1.96. The zero-order chi connectivity index (χ0) is 21.4. The molecule has 0 spiro atoms. The Bertz CT molecular complexity index is 889. The third-order valence-corrected chi connectivity index (χ3v) is 4.66. The molecule has 3 nitrogen and oxygen atoms in total. The van der Waals surface area contributed by atoms with Crippen LogP contribution in [-0.4, -0.2) is 29.2 Å². The number of likely N-dealkylation sites (tertiary alicyclic amines) is 1. The fourth-order valence-electron chi connectivity index (χ4n) is 3.31. The topological polar surface area (TPSA) is 37.4 Å². The van der Waals surface area contributed by atoms with Crippen LogP contribution in [0.15, 0.2) is 48.5 Å². The molecule has 1 heterocycles. The van der Waals surface area contributed by atoms with E-state index in [9.17, 15) is 35.9 Å². The smallest absolute Gasteiger partial charge is 0.328 e. The average Bonchev–Trinajstić information content (AvgIpc) is 3.00. The lowest BCUT2D eigenvalue weighted by molar-refractivity contribution is -0.143. The van der Waals surface area contributed by atoms with E-state index in [1.54, 1.807) is 30.3 Å². The van der Waals surface area contributed by atoms with Crippen molar-refractivity contribution in [2.75, 3.05) is 6.54 Å². The molecule has 1 unspecified atom stereocenters. The molecular weight excluding hydrogens is 400 g/mol. The first kappa shape index (κ1) is 20.9. The van der Waals surface area contributed by atoms with Gasteiger partial charge in [0.25, 0.3) is 5.91 Å². The van der Waals surface area contributed by atoms with E-state index in [1.807, 2.05) is 0 Å². The van der Waals surface area contributed by atoms with Crippen LogP contribution in [0.1, 0.15) is 33.5 Å². The zero-order valence-electron chi connectivity index (χ0n) is 14.8. The molecule has 1 amide bonds. The number of halogens is 6. The van der Waals surface area contributed by atoms with Gasteiger partial charge < -0.3 is 4.90 Å². The summed E-state index contributed by atoms with van der Waals surface area (Å²) in [6.07, 6.45) is -9.85. The Kier molecular flexibility index (Phi) is 5.42. The van der Waals surface area contributed by atoms with Crippen molar-refractivity contribution in [3.8, 4) is 0 Å². The molecule has 2 aromatic carbocycles. The standard InChI is InChI=1S/C20H15F6NO2/c21-19(22,23)14-7-13(8-15(9-14)20(24,25)26)18(29)27-11-17(28)10-16(27)6-12-4-2-1-3-5-12/h1-5,7-9,16H,6,10-11H2. The molecule has 0 aliphatic carbocycles. The predicted molar refractivity (Wildman–Crippen MR) is 91.0 cm³/mol. The Morgan fingerprint density at radius 1 is 0.931 bits per heavy atom. The fraction of sp³-hybridized carbons (Fsp3) is 0.300. The lowest BCUT2D eigenvalue weighted by atomic mass is 10.0. The summed E-state index contributed by atoms with van der Waals surface area (Å²) in [7, 11) is 0. The van der Waals surface area contributed by atoms with E-state index in [2.05, 4.69) is 0 Å². The summed E-state index contributed by atoms with van der Waals surface area (Å²) in [5.74, 6) is -1.34. The maximum absolute atomic E-state index is 13.1. The van der Waals surface area contributed by atoms with Gasteiger partial charge in [0.15, 0.2) is 5.78 Å². The number of hydrogen-bond donors (Lipinski definition) is 0. The molecule has 1 aliphatic rings. The molecule has 2 aromatic rings. The first-order valence-corrected chi connectivity index (χ1v) is 8.61. The molecule has 1 aliphatic heterocycles. The van der Waals surface area contributed by atoms with E-state index in [1.165, 1.54) is 0 Å². The van der Waals surface area contributed by atoms with Crippen molar-refractivity contribution in [1.29, 1.82) is 0 Å². The van der Waals surface area contributed by atoms with Gasteiger partial charge in [-0.2, -0.15) is 26.3 Å². The highest BCUT2D eigenvalue weighted by atomic mass is 19.4. The van der Waals surface area contributed by atoms with Crippen molar-refractivity contribution >= 4 is 11.7 Å². The fourth-order valence-corrected chi connectivity index (χ4v) is 3.31. The molecule has 1 fully saturated rings. The second kappa shape index (κ2) is 7.53. The summed E-state index contributed by atoms with van der Waals surface area (Å²) in [6, 6.07) is 8.90. The molecule has 0 bridgehead atoms. The van der Waals surface area contributed by atoms with E-state index in [-0.39, 0.29) is 31.2 Å². The highest BCUT2D eigenvalue weighted by molar-refractivity contribution is 5.99. The minimum atomic E-state index is -5.06. The lowest BCUT2D eigenvalue weighted by Crippen LogP contribution is -2.37. The normalized spacial score (nSPS) is 17.7. The van der Waals surface area contributed by atoms with Gasteiger partial charge >= 0.3 is 12.4 Å². The first-order valence-electron chi connectivity index (χ1n) is 8.61. The molecule has 0 aromatic heterocycles. The summed E-state index contributed by atoms with van der Waals surface area (Å²) in [6.45, 7) is -0.353. The van der Waals surface area contributed by atoms with Crippen molar-refractivity contribution in [3.05, 3.63) is 70.8 Å². The number of Topliss-reactive ketones (excluding diaryl/α,β-unsaturated/α-hetero) is 1. The molecule has 0 saturated carbocycles. The molecule has 0 N–H and O–H groups in total. The van der Waals surface area contributed by atoms with Gasteiger partial charge in [0.05, 0.1) is 17.7 Å². The van der Waals surface area contributed by atoms with E-state index in [0.29, 0.717) is 12.1 Å². The number of amides is 1. The van der Waals surface area contributed by atoms with Crippen LogP contribution >= 0.6 is 0 Å². The average molecular weight is 415 g/mol. The second-order valence-electron chi connectivity index (χ2n) is 6.81. The van der Waals surface area contributed by atoms with E-state index >= 15 is 0 Å². The minimum absolute atomic E-state index is 0.00821. The molecule has 154 valence electrons. The summed E-state index contributed by atoms with van der Waals surface area (Å²) in [4.78, 5) is 25.7. The third kappa shape index (κ3) is 4.78. The van der Waals surface area contributed by atoms with Crippen LogP contribution in [0.5, 0.6) is 0 Å². The number of ketones is 1. The van der Waals surface area contributed by atoms with Gasteiger partial charge in [0.1, 0.15) is 0 Å². The van der Waals surface area contributed by atoms with Gasteiger partial charge in [0.2, 0.25) is 0 Å². The van der Waals surface area contributed by atoms with E-state index in [0.717, 1.165) is 10.5 Å². The molecule has 29 heavy (non-hydrogen) atoms. The third-order valence-electron chi connectivity index (χ3n) is 4.66. The highest BCUT2D eigenvalue weighted by Crippen LogP contribution is 2.37. The van der Waals surface area contributed by atoms with E-state index in [4.69, 9.17) is 0 Å². The molecular formula is C20H15F6NO2. The minimum Gasteiger partial charge on any atom is -0.328 e. The zero-order valence-corrected chi connectivity index (χ0v) is 14.8. The van der Waals surface area contributed by atoms with Gasteiger partial charge in [-0.25, -0.2) is 0 Å². The molecule has 9 heteroatoms. The summed E-state index contributed by atoms with van der Waals surface area (Å²) in [5.41, 5.74) is -3.09. The van der Waals surface area contributed by atoms with Gasteiger partial charge in [-0.1, -0.05) is 30.3 Å².